The van der Waals surface area contributed by atoms with E-state index in [4.69, 9.17) is 9.47 Å². The largest absolute Gasteiger partial charge is 0.469 e. The zero-order valence-electron chi connectivity index (χ0n) is 11.2. The fourth-order valence-corrected chi connectivity index (χ4v) is 2.16. The number of nitrogens with one attached hydrogen (secondary N) is 1. The van der Waals surface area contributed by atoms with Crippen LogP contribution in [0.1, 0.15) is 12.8 Å². The van der Waals surface area contributed by atoms with E-state index in [1.807, 2.05) is 12.1 Å². The molecule has 106 valence electrons. The number of hydrogen-bond donors (Lipinski definition) is 1. The van der Waals surface area contributed by atoms with Crippen molar-refractivity contribution < 1.29 is 19.1 Å². The second kappa shape index (κ2) is 6.75. The van der Waals surface area contributed by atoms with Crippen molar-refractivity contribution in [3.8, 4) is 5.75 Å². The number of benzene rings is 1. The number of methoxy groups -OCH3 is 1. The lowest BCUT2D eigenvalue weighted by Gasteiger charge is -2.25. The first-order chi connectivity index (χ1) is 9.70. The van der Waals surface area contributed by atoms with E-state index in [0.29, 0.717) is 12.2 Å². The summed E-state index contributed by atoms with van der Waals surface area (Å²) in [7, 11) is 1.35. The molecule has 0 saturated carbocycles. The van der Waals surface area contributed by atoms with Crippen molar-refractivity contribution in [1.82, 2.24) is 5.32 Å². The van der Waals surface area contributed by atoms with Gasteiger partial charge >= 0.3 is 12.1 Å². The molecular formula is C15H17NO4. The van der Waals surface area contributed by atoms with Crippen LogP contribution in [0.15, 0.2) is 42.5 Å². The van der Waals surface area contributed by atoms with Gasteiger partial charge in [-0.3, -0.25) is 4.79 Å². The number of amides is 1. The number of esters is 1. The van der Waals surface area contributed by atoms with Gasteiger partial charge in [0, 0.05) is 0 Å². The molecule has 0 spiro atoms. The van der Waals surface area contributed by atoms with Gasteiger partial charge in [-0.15, -0.1) is 0 Å². The molecule has 0 aromatic heterocycles. The highest BCUT2D eigenvalue weighted by Gasteiger charge is 2.30. The van der Waals surface area contributed by atoms with Crippen LogP contribution in [0.4, 0.5) is 4.79 Å². The van der Waals surface area contributed by atoms with Gasteiger partial charge in [0.15, 0.2) is 0 Å². The van der Waals surface area contributed by atoms with Crippen LogP contribution in [0, 0.1) is 5.92 Å². The quantitative estimate of drug-likeness (QED) is 0.679. The topological polar surface area (TPSA) is 64.6 Å². The maximum atomic E-state index is 11.8. The summed E-state index contributed by atoms with van der Waals surface area (Å²) in [6.45, 7) is 0. The second-order valence-corrected chi connectivity index (χ2v) is 4.51. The fraction of sp³-hybridized carbons (Fsp3) is 0.333. The summed E-state index contributed by atoms with van der Waals surface area (Å²) >= 11 is 0. The summed E-state index contributed by atoms with van der Waals surface area (Å²) in [6.07, 6.45) is 4.61. The number of hydrogen-bond acceptors (Lipinski definition) is 4. The Morgan fingerprint density at radius 2 is 2.00 bits per heavy atom. The zero-order valence-corrected chi connectivity index (χ0v) is 11.2. The van der Waals surface area contributed by atoms with Crippen LogP contribution in [0.3, 0.4) is 0 Å². The predicted molar refractivity (Wildman–Crippen MR) is 73.3 cm³/mol. The lowest BCUT2D eigenvalue weighted by atomic mass is 9.90. The molecule has 5 heteroatoms. The van der Waals surface area contributed by atoms with Crippen molar-refractivity contribution in [2.45, 2.75) is 18.9 Å². The molecule has 0 saturated heterocycles. The van der Waals surface area contributed by atoms with Crippen molar-refractivity contribution in [1.29, 1.82) is 0 Å². The summed E-state index contributed by atoms with van der Waals surface area (Å²) in [5.74, 6) is -0.230. The van der Waals surface area contributed by atoms with Crippen LogP contribution >= 0.6 is 0 Å². The third-order valence-electron chi connectivity index (χ3n) is 3.16. The van der Waals surface area contributed by atoms with Crippen LogP contribution in [-0.2, 0) is 9.53 Å². The molecular weight excluding hydrogens is 258 g/mol. The Morgan fingerprint density at radius 1 is 1.25 bits per heavy atom. The van der Waals surface area contributed by atoms with Gasteiger partial charge in [0.05, 0.1) is 19.1 Å². The van der Waals surface area contributed by atoms with E-state index in [-0.39, 0.29) is 11.9 Å². The number of carbonyl (C=O) groups excluding carboxylic acids is 2. The van der Waals surface area contributed by atoms with Gasteiger partial charge in [0.2, 0.25) is 0 Å². The van der Waals surface area contributed by atoms with Crippen molar-refractivity contribution in [2.24, 2.45) is 5.92 Å². The molecule has 2 rings (SSSR count). The normalized spacial score (nSPS) is 21.1. The van der Waals surface area contributed by atoms with E-state index in [1.165, 1.54) is 7.11 Å². The molecule has 0 bridgehead atoms. The van der Waals surface area contributed by atoms with Crippen molar-refractivity contribution in [3.63, 3.8) is 0 Å². The Hall–Kier alpha value is -2.30. The predicted octanol–water partition coefficient (Wildman–Crippen LogP) is 2.28. The molecule has 2 atom stereocenters. The molecule has 1 N–H and O–H groups in total. The molecule has 5 nitrogen and oxygen atoms in total. The van der Waals surface area contributed by atoms with E-state index in [1.54, 1.807) is 30.3 Å². The number of allylic oxidation sites excluding steroid dienone is 1. The monoisotopic (exact) mass is 275 g/mol. The van der Waals surface area contributed by atoms with Crippen LogP contribution in [0.25, 0.3) is 0 Å². The molecule has 1 amide bonds. The second-order valence-electron chi connectivity index (χ2n) is 4.51. The summed E-state index contributed by atoms with van der Waals surface area (Å²) in [6, 6.07) is 8.37. The van der Waals surface area contributed by atoms with Gasteiger partial charge in [-0.25, -0.2) is 4.79 Å². The molecule has 1 aromatic carbocycles. The number of para-hydroxylation sites is 1. The average Bonchev–Trinajstić information content (AvgIpc) is 2.48. The molecule has 20 heavy (non-hydrogen) atoms. The van der Waals surface area contributed by atoms with E-state index in [2.05, 4.69) is 5.32 Å². The van der Waals surface area contributed by atoms with Crippen molar-refractivity contribution in [2.75, 3.05) is 7.11 Å². The standard InChI is InChI=1S/C15H17NO4/c1-19-14(17)12-9-5-6-10-13(12)16-15(18)20-11-7-3-2-4-8-11/h2-4,6-8,10,12-13H,5,9H2,1H3,(H,16,18)/t12-,13-/m1/s1. The Balaban J connectivity index is 1.96. The Kier molecular flexibility index (Phi) is 4.76. The van der Waals surface area contributed by atoms with Gasteiger partial charge < -0.3 is 14.8 Å². The number of carbonyl (C=O) groups is 2. The Labute approximate surface area is 117 Å². The van der Waals surface area contributed by atoms with Gasteiger partial charge in [-0.2, -0.15) is 0 Å². The van der Waals surface area contributed by atoms with Gasteiger partial charge in [0.1, 0.15) is 5.75 Å². The smallest absolute Gasteiger partial charge is 0.413 e. The fourth-order valence-electron chi connectivity index (χ4n) is 2.16. The molecule has 0 unspecified atom stereocenters. The van der Waals surface area contributed by atoms with Crippen LogP contribution in [0.2, 0.25) is 0 Å². The first-order valence-corrected chi connectivity index (χ1v) is 6.48. The highest BCUT2D eigenvalue weighted by atomic mass is 16.6. The van der Waals surface area contributed by atoms with Gasteiger partial charge in [-0.05, 0) is 25.0 Å². The minimum absolute atomic E-state index is 0.320. The minimum atomic E-state index is -0.582. The first kappa shape index (κ1) is 14.1. The maximum absolute atomic E-state index is 11.8. The van der Waals surface area contributed by atoms with Crippen molar-refractivity contribution in [3.05, 3.63) is 42.5 Å². The lowest BCUT2D eigenvalue weighted by molar-refractivity contribution is -0.146. The van der Waals surface area contributed by atoms with Gasteiger partial charge in [0.25, 0.3) is 0 Å². The lowest BCUT2D eigenvalue weighted by Crippen LogP contribution is -2.44. The van der Waals surface area contributed by atoms with Crippen LogP contribution < -0.4 is 10.1 Å². The molecule has 0 aliphatic heterocycles. The number of ether oxygens (including phenoxy) is 2. The third kappa shape index (κ3) is 3.60. The van der Waals surface area contributed by atoms with Crippen LogP contribution in [0.5, 0.6) is 5.75 Å². The SMILES string of the molecule is COC(=O)[C@@H]1CCC=C[C@H]1NC(=O)Oc1ccccc1. The van der Waals surface area contributed by atoms with Crippen molar-refractivity contribution >= 4 is 12.1 Å². The maximum Gasteiger partial charge on any atom is 0.413 e. The van der Waals surface area contributed by atoms with E-state index >= 15 is 0 Å². The minimum Gasteiger partial charge on any atom is -0.469 e. The molecule has 1 aliphatic rings. The highest BCUT2D eigenvalue weighted by molar-refractivity contribution is 5.76. The molecule has 1 aliphatic carbocycles. The summed E-state index contributed by atoms with van der Waals surface area (Å²) in [4.78, 5) is 23.5. The molecule has 0 heterocycles. The highest BCUT2D eigenvalue weighted by Crippen LogP contribution is 2.20. The molecule has 0 fully saturated rings. The number of rotatable bonds is 3. The molecule has 1 aromatic rings. The molecule has 0 radical (unpaired) electrons. The summed E-state index contributed by atoms with van der Waals surface area (Å²) < 4.78 is 9.90. The van der Waals surface area contributed by atoms with Gasteiger partial charge in [-0.1, -0.05) is 30.4 Å². The van der Waals surface area contributed by atoms with E-state index in [0.717, 1.165) is 6.42 Å². The van der Waals surface area contributed by atoms with Crippen LogP contribution in [-0.4, -0.2) is 25.2 Å². The van der Waals surface area contributed by atoms with E-state index < -0.39 is 12.1 Å². The van der Waals surface area contributed by atoms with E-state index in [9.17, 15) is 9.59 Å². The summed E-state index contributed by atoms with van der Waals surface area (Å²) in [5, 5.41) is 2.68. The third-order valence-corrected chi connectivity index (χ3v) is 3.16. The zero-order chi connectivity index (χ0) is 14.4. The summed E-state index contributed by atoms with van der Waals surface area (Å²) in [5.41, 5.74) is 0. The first-order valence-electron chi connectivity index (χ1n) is 6.48. The Bertz CT molecular complexity index is 498. The Morgan fingerprint density at radius 3 is 2.70 bits per heavy atom. The average molecular weight is 275 g/mol.